The first kappa shape index (κ1) is 20.9. The first-order valence-electron chi connectivity index (χ1n) is 10.4. The molecule has 162 valence electrons. The summed E-state index contributed by atoms with van der Waals surface area (Å²) in [6.45, 7) is 2.96. The van der Waals surface area contributed by atoms with Crippen LogP contribution in [-0.4, -0.2) is 31.3 Å². The molecule has 0 aromatic heterocycles. The Morgan fingerprint density at radius 3 is 2.68 bits per heavy atom. The van der Waals surface area contributed by atoms with Gasteiger partial charge in [0.15, 0.2) is 0 Å². The summed E-state index contributed by atoms with van der Waals surface area (Å²) < 4.78 is 17.1. The zero-order valence-electron chi connectivity index (χ0n) is 17.4. The molecule has 0 saturated carbocycles. The van der Waals surface area contributed by atoms with Gasteiger partial charge in [-0.05, 0) is 31.4 Å². The summed E-state index contributed by atoms with van der Waals surface area (Å²) in [6, 6.07) is 16.1. The molecule has 1 fully saturated rings. The van der Waals surface area contributed by atoms with Crippen molar-refractivity contribution < 1.29 is 23.8 Å². The lowest BCUT2D eigenvalue weighted by Gasteiger charge is -2.29. The monoisotopic (exact) mass is 422 g/mol. The van der Waals surface area contributed by atoms with E-state index < -0.39 is 12.0 Å². The average Bonchev–Trinajstić information content (AvgIpc) is 3.30. The first-order valence-corrected chi connectivity index (χ1v) is 10.4. The summed E-state index contributed by atoms with van der Waals surface area (Å²) in [5, 5.41) is 5.51. The van der Waals surface area contributed by atoms with Crippen LogP contribution in [0.3, 0.4) is 0 Å². The standard InChI is InChI=1S/C24H26N2O5/c1-16-21(23(27)31-15-18-10-7-13-29-18)22(26-24(28)25-16)19-11-5-6-12-20(19)30-14-17-8-3-2-4-9-17/h2-6,8-9,11-12,18,22H,7,10,13-15H2,1H3,(H2,25,26,28)/t18-,22+/m1/s1. The molecule has 0 bridgehead atoms. The molecule has 2 atom stereocenters. The van der Waals surface area contributed by atoms with Crippen molar-refractivity contribution in [2.75, 3.05) is 13.2 Å². The average molecular weight is 422 g/mol. The molecule has 7 nitrogen and oxygen atoms in total. The molecule has 4 rings (SSSR count). The Bertz CT molecular complexity index is 967. The fourth-order valence-electron chi connectivity index (χ4n) is 3.81. The summed E-state index contributed by atoms with van der Waals surface area (Å²) in [4.78, 5) is 25.2. The molecule has 0 radical (unpaired) electrons. The summed E-state index contributed by atoms with van der Waals surface area (Å²) in [5.41, 5.74) is 2.53. The Hall–Kier alpha value is -3.32. The van der Waals surface area contributed by atoms with Crippen LogP contribution in [0.4, 0.5) is 4.79 Å². The highest BCUT2D eigenvalue weighted by Crippen LogP contribution is 2.34. The van der Waals surface area contributed by atoms with E-state index in [-0.39, 0.29) is 18.7 Å². The van der Waals surface area contributed by atoms with Gasteiger partial charge in [-0.2, -0.15) is 0 Å². The van der Waals surface area contributed by atoms with Crippen LogP contribution in [0.15, 0.2) is 65.9 Å². The normalized spacial score (nSPS) is 20.7. The van der Waals surface area contributed by atoms with Crippen molar-refractivity contribution in [3.63, 3.8) is 0 Å². The Balaban J connectivity index is 1.56. The van der Waals surface area contributed by atoms with E-state index in [1.54, 1.807) is 6.92 Å². The summed E-state index contributed by atoms with van der Waals surface area (Å²) in [7, 11) is 0. The number of carbonyl (C=O) groups excluding carboxylic acids is 2. The van der Waals surface area contributed by atoms with Gasteiger partial charge in [-0.25, -0.2) is 9.59 Å². The van der Waals surface area contributed by atoms with Crippen molar-refractivity contribution in [1.29, 1.82) is 0 Å². The molecular formula is C24H26N2O5. The van der Waals surface area contributed by atoms with Gasteiger partial charge in [-0.15, -0.1) is 0 Å². The molecule has 2 amide bonds. The molecule has 2 aromatic rings. The highest BCUT2D eigenvalue weighted by molar-refractivity contribution is 5.95. The molecular weight excluding hydrogens is 396 g/mol. The van der Waals surface area contributed by atoms with E-state index in [9.17, 15) is 9.59 Å². The van der Waals surface area contributed by atoms with Crippen LogP contribution < -0.4 is 15.4 Å². The highest BCUT2D eigenvalue weighted by atomic mass is 16.6. The van der Waals surface area contributed by atoms with Gasteiger partial charge in [0.2, 0.25) is 0 Å². The number of esters is 1. The maximum Gasteiger partial charge on any atom is 0.338 e. The Morgan fingerprint density at radius 2 is 1.90 bits per heavy atom. The highest BCUT2D eigenvalue weighted by Gasteiger charge is 2.34. The first-order chi connectivity index (χ1) is 15.1. The van der Waals surface area contributed by atoms with E-state index in [1.165, 1.54) is 0 Å². The predicted octanol–water partition coefficient (Wildman–Crippen LogP) is 3.62. The van der Waals surface area contributed by atoms with Crippen molar-refractivity contribution in [3.8, 4) is 5.75 Å². The van der Waals surface area contributed by atoms with E-state index in [4.69, 9.17) is 14.2 Å². The van der Waals surface area contributed by atoms with E-state index in [2.05, 4.69) is 10.6 Å². The molecule has 2 N–H and O–H groups in total. The zero-order valence-corrected chi connectivity index (χ0v) is 17.4. The minimum absolute atomic E-state index is 0.0732. The second-order valence-electron chi connectivity index (χ2n) is 7.62. The fraction of sp³-hybridized carbons (Fsp3) is 0.333. The molecule has 0 spiro atoms. The van der Waals surface area contributed by atoms with Crippen LogP contribution in [0.25, 0.3) is 0 Å². The molecule has 2 aliphatic rings. The van der Waals surface area contributed by atoms with Crippen LogP contribution in [0, 0.1) is 0 Å². The molecule has 2 aromatic carbocycles. The maximum absolute atomic E-state index is 13.0. The minimum atomic E-state index is -0.683. The number of amides is 2. The van der Waals surface area contributed by atoms with Crippen LogP contribution >= 0.6 is 0 Å². The van der Waals surface area contributed by atoms with Gasteiger partial charge in [0.05, 0.1) is 17.7 Å². The van der Waals surface area contributed by atoms with Gasteiger partial charge in [-0.3, -0.25) is 0 Å². The molecule has 0 aliphatic carbocycles. The van der Waals surface area contributed by atoms with Gasteiger partial charge >= 0.3 is 12.0 Å². The number of ether oxygens (including phenoxy) is 3. The van der Waals surface area contributed by atoms with Gasteiger partial charge in [0, 0.05) is 17.9 Å². The third-order valence-electron chi connectivity index (χ3n) is 5.38. The largest absolute Gasteiger partial charge is 0.489 e. The predicted molar refractivity (Wildman–Crippen MR) is 114 cm³/mol. The van der Waals surface area contributed by atoms with Crippen LogP contribution in [0.2, 0.25) is 0 Å². The Morgan fingerprint density at radius 1 is 1.13 bits per heavy atom. The molecule has 2 heterocycles. The van der Waals surface area contributed by atoms with Crippen LogP contribution in [0.5, 0.6) is 5.75 Å². The number of nitrogens with one attached hydrogen (secondary N) is 2. The Kier molecular flexibility index (Phi) is 6.52. The Labute approximate surface area is 181 Å². The summed E-state index contributed by atoms with van der Waals surface area (Å²) >= 11 is 0. The lowest BCUT2D eigenvalue weighted by atomic mass is 9.95. The number of para-hydroxylation sites is 1. The SMILES string of the molecule is CC1=C(C(=O)OC[C@H]2CCCO2)[C@H](c2ccccc2OCc2ccccc2)NC(=O)N1. The van der Waals surface area contributed by atoms with Gasteiger partial charge in [0.1, 0.15) is 19.0 Å². The summed E-state index contributed by atoms with van der Waals surface area (Å²) in [5.74, 6) is 0.110. The van der Waals surface area contributed by atoms with E-state index in [0.29, 0.717) is 35.8 Å². The smallest absolute Gasteiger partial charge is 0.338 e. The number of allylic oxidation sites excluding steroid dienone is 1. The third kappa shape index (κ3) is 5.06. The number of carbonyl (C=O) groups is 2. The van der Waals surface area contributed by atoms with Crippen molar-refractivity contribution in [2.24, 2.45) is 0 Å². The third-order valence-corrected chi connectivity index (χ3v) is 5.38. The van der Waals surface area contributed by atoms with Crippen LogP contribution in [0.1, 0.15) is 36.9 Å². The summed E-state index contributed by atoms with van der Waals surface area (Å²) in [6.07, 6.45) is 1.77. The number of benzene rings is 2. The van der Waals surface area contributed by atoms with Crippen molar-refractivity contribution in [1.82, 2.24) is 10.6 Å². The maximum atomic E-state index is 13.0. The number of urea groups is 1. The van der Waals surface area contributed by atoms with Gasteiger partial charge in [0.25, 0.3) is 0 Å². The van der Waals surface area contributed by atoms with E-state index >= 15 is 0 Å². The van der Waals surface area contributed by atoms with Crippen molar-refractivity contribution in [2.45, 2.75) is 38.5 Å². The lowest BCUT2D eigenvalue weighted by molar-refractivity contribution is -0.142. The van der Waals surface area contributed by atoms with E-state index in [0.717, 1.165) is 18.4 Å². The van der Waals surface area contributed by atoms with Crippen LogP contribution in [-0.2, 0) is 20.9 Å². The van der Waals surface area contributed by atoms with Gasteiger partial charge < -0.3 is 24.8 Å². The quantitative estimate of drug-likeness (QED) is 0.666. The number of hydrogen-bond acceptors (Lipinski definition) is 5. The topological polar surface area (TPSA) is 85.9 Å². The molecule has 31 heavy (non-hydrogen) atoms. The fourth-order valence-corrected chi connectivity index (χ4v) is 3.81. The number of hydrogen-bond donors (Lipinski definition) is 2. The van der Waals surface area contributed by atoms with Crippen molar-refractivity contribution in [3.05, 3.63) is 77.0 Å². The van der Waals surface area contributed by atoms with Crippen molar-refractivity contribution >= 4 is 12.0 Å². The number of rotatable bonds is 7. The zero-order chi connectivity index (χ0) is 21.6. The van der Waals surface area contributed by atoms with E-state index in [1.807, 2.05) is 54.6 Å². The molecule has 0 unspecified atom stereocenters. The molecule has 1 saturated heterocycles. The second-order valence-corrected chi connectivity index (χ2v) is 7.62. The molecule has 7 heteroatoms. The second kappa shape index (κ2) is 9.66. The molecule has 2 aliphatic heterocycles. The van der Waals surface area contributed by atoms with Gasteiger partial charge in [-0.1, -0.05) is 48.5 Å². The lowest BCUT2D eigenvalue weighted by Crippen LogP contribution is -2.45. The minimum Gasteiger partial charge on any atom is -0.489 e.